The van der Waals surface area contributed by atoms with Crippen molar-refractivity contribution >= 4 is 0 Å². The molecule has 0 aromatic carbocycles. The van der Waals surface area contributed by atoms with Gasteiger partial charge in [0.05, 0.1) is 39.3 Å². The van der Waals surface area contributed by atoms with Crippen LogP contribution in [0.5, 0.6) is 0 Å². The fraction of sp³-hybridized carbons (Fsp3) is 1.00. The lowest BCUT2D eigenvalue weighted by molar-refractivity contribution is -0.912. The lowest BCUT2D eigenvalue weighted by Crippen LogP contribution is -3.14. The summed E-state index contributed by atoms with van der Waals surface area (Å²) in [5.41, 5.74) is 0. The second-order valence-electron chi connectivity index (χ2n) is 10.1. The fourth-order valence-electron chi connectivity index (χ4n) is 5.89. The SMILES string of the molecule is CC(C)C[NH+]1CCC(C2CC[NH+](CCOCC3CCCCC3)CC2)CC1. The highest BCUT2D eigenvalue weighted by Crippen LogP contribution is 2.27. The van der Waals surface area contributed by atoms with Gasteiger partial charge in [0.15, 0.2) is 0 Å². The van der Waals surface area contributed by atoms with E-state index in [4.69, 9.17) is 4.74 Å². The van der Waals surface area contributed by atoms with E-state index in [1.165, 1.54) is 97.1 Å². The third-order valence-electron chi connectivity index (χ3n) is 7.52. The van der Waals surface area contributed by atoms with Crippen LogP contribution in [0.2, 0.25) is 0 Å². The van der Waals surface area contributed by atoms with Crippen molar-refractivity contribution in [3.05, 3.63) is 0 Å². The number of ether oxygens (including phenoxy) is 1. The molecule has 3 rings (SSSR count). The fourth-order valence-corrected chi connectivity index (χ4v) is 5.89. The normalized spacial score (nSPS) is 34.3. The monoisotopic (exact) mass is 366 g/mol. The molecule has 2 saturated heterocycles. The average molecular weight is 367 g/mol. The molecular weight excluding hydrogens is 320 g/mol. The van der Waals surface area contributed by atoms with Gasteiger partial charge in [-0.25, -0.2) is 0 Å². The zero-order valence-corrected chi connectivity index (χ0v) is 17.7. The quantitative estimate of drug-likeness (QED) is 0.627. The Hall–Kier alpha value is -0.120. The van der Waals surface area contributed by atoms with Crippen LogP contribution in [-0.4, -0.2) is 52.5 Å². The maximum absolute atomic E-state index is 6.04. The predicted molar refractivity (Wildman–Crippen MR) is 109 cm³/mol. The van der Waals surface area contributed by atoms with Crippen molar-refractivity contribution in [2.24, 2.45) is 23.7 Å². The summed E-state index contributed by atoms with van der Waals surface area (Å²) < 4.78 is 6.04. The van der Waals surface area contributed by atoms with E-state index in [0.29, 0.717) is 0 Å². The van der Waals surface area contributed by atoms with Gasteiger partial charge >= 0.3 is 0 Å². The number of quaternary nitrogens is 2. The Bertz CT molecular complexity index is 364. The van der Waals surface area contributed by atoms with Crippen molar-refractivity contribution in [2.75, 3.05) is 52.5 Å². The summed E-state index contributed by atoms with van der Waals surface area (Å²) in [5.74, 6) is 3.79. The van der Waals surface area contributed by atoms with Crippen molar-refractivity contribution in [3.63, 3.8) is 0 Å². The standard InChI is InChI=1S/C23H44N2O/c1-20(2)18-25-14-10-23(11-15-25)22-8-12-24(13-9-22)16-17-26-19-21-6-4-3-5-7-21/h20-23H,3-19H2,1-2H3/p+2. The van der Waals surface area contributed by atoms with Gasteiger partial charge in [0.1, 0.15) is 6.54 Å². The zero-order valence-electron chi connectivity index (χ0n) is 17.7. The molecule has 1 saturated carbocycles. The van der Waals surface area contributed by atoms with E-state index in [1.807, 2.05) is 9.80 Å². The number of likely N-dealkylation sites (tertiary alicyclic amines) is 2. The molecule has 0 atom stereocenters. The van der Waals surface area contributed by atoms with Crippen LogP contribution in [0.4, 0.5) is 0 Å². The first-order valence-electron chi connectivity index (χ1n) is 12.0. The van der Waals surface area contributed by atoms with Crippen molar-refractivity contribution in [1.82, 2.24) is 0 Å². The van der Waals surface area contributed by atoms with E-state index in [9.17, 15) is 0 Å². The summed E-state index contributed by atoms with van der Waals surface area (Å²) in [6, 6.07) is 0. The number of nitrogens with one attached hydrogen (secondary N) is 2. The molecular formula is C23H46N2O+2. The predicted octanol–water partition coefficient (Wildman–Crippen LogP) is 1.83. The van der Waals surface area contributed by atoms with Gasteiger partial charge in [0.25, 0.3) is 0 Å². The molecule has 3 aliphatic rings. The Kier molecular flexibility index (Phi) is 8.74. The van der Waals surface area contributed by atoms with Gasteiger partial charge in [-0.1, -0.05) is 33.1 Å². The summed E-state index contributed by atoms with van der Waals surface area (Å²) in [4.78, 5) is 3.68. The number of hydrogen-bond donors (Lipinski definition) is 2. The number of hydrogen-bond acceptors (Lipinski definition) is 1. The number of rotatable bonds is 8. The Balaban J connectivity index is 1.24. The van der Waals surface area contributed by atoms with Crippen LogP contribution in [0.1, 0.15) is 71.6 Å². The molecule has 0 unspecified atom stereocenters. The minimum Gasteiger partial charge on any atom is -0.375 e. The molecule has 0 aromatic rings. The van der Waals surface area contributed by atoms with Crippen molar-refractivity contribution < 1.29 is 14.5 Å². The van der Waals surface area contributed by atoms with Crippen molar-refractivity contribution in [3.8, 4) is 0 Å². The van der Waals surface area contributed by atoms with E-state index in [0.717, 1.165) is 36.9 Å². The summed E-state index contributed by atoms with van der Waals surface area (Å²) in [7, 11) is 0. The highest BCUT2D eigenvalue weighted by Gasteiger charge is 2.32. The smallest absolute Gasteiger partial charge is 0.101 e. The Labute approximate surface area is 162 Å². The summed E-state index contributed by atoms with van der Waals surface area (Å²) in [6.45, 7) is 15.1. The van der Waals surface area contributed by atoms with Crippen LogP contribution in [-0.2, 0) is 4.74 Å². The molecule has 0 amide bonds. The van der Waals surface area contributed by atoms with Crippen molar-refractivity contribution in [1.29, 1.82) is 0 Å². The van der Waals surface area contributed by atoms with Gasteiger partial charge in [-0.05, 0) is 56.3 Å². The molecule has 0 radical (unpaired) electrons. The molecule has 1 aliphatic carbocycles. The molecule has 0 aromatic heterocycles. The van der Waals surface area contributed by atoms with Gasteiger partial charge in [-0.2, -0.15) is 0 Å². The summed E-state index contributed by atoms with van der Waals surface area (Å²) >= 11 is 0. The first-order chi connectivity index (χ1) is 12.7. The van der Waals surface area contributed by atoms with Crippen LogP contribution < -0.4 is 9.80 Å². The van der Waals surface area contributed by atoms with Crippen molar-refractivity contribution in [2.45, 2.75) is 71.6 Å². The second-order valence-corrected chi connectivity index (χ2v) is 10.1. The van der Waals surface area contributed by atoms with Crippen LogP contribution in [0, 0.1) is 23.7 Å². The molecule has 2 heterocycles. The van der Waals surface area contributed by atoms with Gasteiger partial charge < -0.3 is 14.5 Å². The highest BCUT2D eigenvalue weighted by atomic mass is 16.5. The lowest BCUT2D eigenvalue weighted by Gasteiger charge is -2.37. The molecule has 0 spiro atoms. The average Bonchev–Trinajstić information content (AvgIpc) is 2.67. The van der Waals surface area contributed by atoms with E-state index in [1.54, 1.807) is 0 Å². The minimum atomic E-state index is 0.855. The molecule has 3 heteroatoms. The van der Waals surface area contributed by atoms with Crippen LogP contribution in [0.25, 0.3) is 0 Å². The van der Waals surface area contributed by atoms with Crippen LogP contribution >= 0.6 is 0 Å². The van der Waals surface area contributed by atoms with E-state index >= 15 is 0 Å². The topological polar surface area (TPSA) is 18.1 Å². The molecule has 152 valence electrons. The highest BCUT2D eigenvalue weighted by molar-refractivity contribution is 4.74. The Morgan fingerprint density at radius 1 is 0.769 bits per heavy atom. The largest absolute Gasteiger partial charge is 0.375 e. The molecule has 0 bridgehead atoms. The van der Waals surface area contributed by atoms with Gasteiger partial charge in [-0.15, -0.1) is 0 Å². The molecule has 2 aliphatic heterocycles. The molecule has 3 nitrogen and oxygen atoms in total. The molecule has 2 N–H and O–H groups in total. The maximum Gasteiger partial charge on any atom is 0.101 e. The van der Waals surface area contributed by atoms with Crippen LogP contribution in [0.3, 0.4) is 0 Å². The summed E-state index contributed by atoms with van der Waals surface area (Å²) in [6.07, 6.45) is 13.1. The summed E-state index contributed by atoms with van der Waals surface area (Å²) in [5, 5.41) is 0. The van der Waals surface area contributed by atoms with Crippen LogP contribution in [0.15, 0.2) is 0 Å². The first-order valence-corrected chi connectivity index (χ1v) is 12.0. The molecule has 3 fully saturated rings. The van der Waals surface area contributed by atoms with E-state index in [2.05, 4.69) is 13.8 Å². The first kappa shape index (κ1) is 20.6. The van der Waals surface area contributed by atoms with Gasteiger partial charge in [0, 0.05) is 12.5 Å². The zero-order chi connectivity index (χ0) is 18.2. The minimum absolute atomic E-state index is 0.855. The van der Waals surface area contributed by atoms with Gasteiger partial charge in [-0.3, -0.25) is 0 Å². The Morgan fingerprint density at radius 3 is 1.92 bits per heavy atom. The molecule has 26 heavy (non-hydrogen) atoms. The van der Waals surface area contributed by atoms with Gasteiger partial charge in [0.2, 0.25) is 0 Å². The maximum atomic E-state index is 6.04. The number of piperidine rings is 2. The Morgan fingerprint density at radius 2 is 1.35 bits per heavy atom. The second kappa shape index (κ2) is 11.0. The van der Waals surface area contributed by atoms with E-state index < -0.39 is 0 Å². The lowest BCUT2D eigenvalue weighted by atomic mass is 9.78. The third-order valence-corrected chi connectivity index (χ3v) is 7.52. The van der Waals surface area contributed by atoms with E-state index in [-0.39, 0.29) is 0 Å². The third kappa shape index (κ3) is 6.80.